The highest BCUT2D eigenvalue weighted by atomic mass is 16.5. The lowest BCUT2D eigenvalue weighted by Crippen LogP contribution is -2.37. The third-order valence-electron chi connectivity index (χ3n) is 3.61. The number of esters is 1. The summed E-state index contributed by atoms with van der Waals surface area (Å²) in [6, 6.07) is 0.350. The molecule has 0 aliphatic heterocycles. The van der Waals surface area contributed by atoms with Crippen molar-refractivity contribution in [1.82, 2.24) is 4.90 Å². The van der Waals surface area contributed by atoms with Gasteiger partial charge in [-0.1, -0.05) is 53.4 Å². The molecule has 0 heterocycles. The van der Waals surface area contributed by atoms with Crippen molar-refractivity contribution in [3.05, 3.63) is 0 Å². The van der Waals surface area contributed by atoms with Crippen LogP contribution in [0.1, 0.15) is 72.6 Å². The molecule has 1 atom stereocenters. The molecule has 0 N–H and O–H groups in total. The Morgan fingerprint density at radius 2 is 1.68 bits per heavy atom. The Kier molecular flexibility index (Phi) is 12.1. The van der Waals surface area contributed by atoms with Crippen LogP contribution in [0.2, 0.25) is 0 Å². The maximum absolute atomic E-state index is 11.8. The second-order valence-electron chi connectivity index (χ2n) is 5.15. The predicted octanol–water partition coefficient (Wildman–Crippen LogP) is 4.01. The summed E-state index contributed by atoms with van der Waals surface area (Å²) < 4.78 is 5.34. The molecule has 0 spiro atoms. The van der Waals surface area contributed by atoms with Gasteiger partial charge in [0.25, 0.3) is 0 Å². The highest BCUT2D eigenvalue weighted by molar-refractivity contribution is 5.70. The fourth-order valence-corrected chi connectivity index (χ4v) is 2.45. The molecule has 0 aliphatic carbocycles. The number of hydrogen-bond acceptors (Lipinski definition) is 3. The van der Waals surface area contributed by atoms with E-state index >= 15 is 0 Å². The Morgan fingerprint density at radius 3 is 2.21 bits per heavy atom. The molecule has 0 radical (unpaired) electrons. The van der Waals surface area contributed by atoms with Gasteiger partial charge in [-0.2, -0.15) is 0 Å². The van der Waals surface area contributed by atoms with Crippen molar-refractivity contribution >= 4 is 5.97 Å². The molecule has 19 heavy (non-hydrogen) atoms. The van der Waals surface area contributed by atoms with Crippen LogP contribution in [0.25, 0.3) is 0 Å². The zero-order chi connectivity index (χ0) is 14.5. The quantitative estimate of drug-likeness (QED) is 0.397. The molecule has 0 saturated carbocycles. The average molecular weight is 271 g/mol. The number of rotatable bonds is 12. The van der Waals surface area contributed by atoms with Gasteiger partial charge in [-0.3, -0.25) is 4.79 Å². The Labute approximate surface area is 119 Å². The van der Waals surface area contributed by atoms with Gasteiger partial charge in [-0.25, -0.2) is 0 Å². The number of nitrogens with zero attached hydrogens (tertiary/aromatic N) is 1. The summed E-state index contributed by atoms with van der Waals surface area (Å²) in [4.78, 5) is 14.2. The topological polar surface area (TPSA) is 29.5 Å². The number of carbonyl (C=O) groups is 1. The summed E-state index contributed by atoms with van der Waals surface area (Å²) in [5.41, 5.74) is 0. The average Bonchev–Trinajstić information content (AvgIpc) is 2.40. The van der Waals surface area contributed by atoms with Crippen LogP contribution in [0.3, 0.4) is 0 Å². The standard InChI is InChI=1S/C16H33NO2/c1-5-9-10-11-13-19-16(18)14-15(12-6-2)17(7-3)8-4/h15H,5-14H2,1-4H3. The molecule has 0 saturated heterocycles. The van der Waals surface area contributed by atoms with Crippen LogP contribution in [-0.4, -0.2) is 36.6 Å². The second-order valence-corrected chi connectivity index (χ2v) is 5.15. The maximum atomic E-state index is 11.8. The highest BCUT2D eigenvalue weighted by Gasteiger charge is 2.19. The lowest BCUT2D eigenvalue weighted by atomic mass is 10.1. The first-order valence-corrected chi connectivity index (χ1v) is 8.09. The first-order chi connectivity index (χ1) is 9.19. The summed E-state index contributed by atoms with van der Waals surface area (Å²) in [5, 5.41) is 0. The molecule has 0 fully saturated rings. The van der Waals surface area contributed by atoms with E-state index in [2.05, 4.69) is 32.6 Å². The molecule has 1 unspecified atom stereocenters. The third-order valence-corrected chi connectivity index (χ3v) is 3.61. The van der Waals surface area contributed by atoms with Gasteiger partial charge in [0.1, 0.15) is 0 Å². The Hall–Kier alpha value is -0.570. The molecule has 0 aliphatic rings. The van der Waals surface area contributed by atoms with Crippen molar-refractivity contribution in [3.8, 4) is 0 Å². The van der Waals surface area contributed by atoms with Gasteiger partial charge in [0, 0.05) is 6.04 Å². The predicted molar refractivity (Wildman–Crippen MR) is 81.3 cm³/mol. The van der Waals surface area contributed by atoms with Gasteiger partial charge < -0.3 is 9.64 Å². The fourth-order valence-electron chi connectivity index (χ4n) is 2.45. The molecular formula is C16H33NO2. The number of carbonyl (C=O) groups excluding carboxylic acids is 1. The van der Waals surface area contributed by atoms with Gasteiger partial charge in [0.2, 0.25) is 0 Å². The van der Waals surface area contributed by atoms with E-state index in [0.29, 0.717) is 19.1 Å². The first kappa shape index (κ1) is 18.4. The fraction of sp³-hybridized carbons (Fsp3) is 0.938. The molecule has 0 bridgehead atoms. The summed E-state index contributed by atoms with van der Waals surface area (Å²) >= 11 is 0. The van der Waals surface area contributed by atoms with Gasteiger partial charge in [0.15, 0.2) is 0 Å². The Balaban J connectivity index is 3.95. The van der Waals surface area contributed by atoms with Crippen LogP contribution in [0.4, 0.5) is 0 Å². The lowest BCUT2D eigenvalue weighted by Gasteiger charge is -2.28. The Bertz CT molecular complexity index is 215. The van der Waals surface area contributed by atoms with Crippen molar-refractivity contribution < 1.29 is 9.53 Å². The number of unbranched alkanes of at least 4 members (excludes halogenated alkanes) is 3. The van der Waals surface area contributed by atoms with E-state index in [0.717, 1.165) is 38.8 Å². The zero-order valence-corrected chi connectivity index (χ0v) is 13.4. The SMILES string of the molecule is CCCCCCOC(=O)CC(CCC)N(CC)CC. The highest BCUT2D eigenvalue weighted by Crippen LogP contribution is 2.12. The van der Waals surface area contributed by atoms with E-state index < -0.39 is 0 Å². The van der Waals surface area contributed by atoms with E-state index in [1.165, 1.54) is 12.8 Å². The summed E-state index contributed by atoms with van der Waals surface area (Å²) in [7, 11) is 0. The Morgan fingerprint density at radius 1 is 1.00 bits per heavy atom. The van der Waals surface area contributed by atoms with Crippen molar-refractivity contribution in [2.45, 2.75) is 78.7 Å². The minimum atomic E-state index is -0.0261. The molecule has 3 nitrogen and oxygen atoms in total. The minimum Gasteiger partial charge on any atom is -0.466 e. The first-order valence-electron chi connectivity index (χ1n) is 8.09. The van der Waals surface area contributed by atoms with E-state index in [1.54, 1.807) is 0 Å². The number of hydrogen-bond donors (Lipinski definition) is 0. The molecule has 0 rings (SSSR count). The molecular weight excluding hydrogens is 238 g/mol. The molecule has 0 aromatic rings. The smallest absolute Gasteiger partial charge is 0.307 e. The molecule has 114 valence electrons. The molecule has 0 aromatic carbocycles. The van der Waals surface area contributed by atoms with Crippen molar-refractivity contribution in [3.63, 3.8) is 0 Å². The number of ether oxygens (including phenoxy) is 1. The third kappa shape index (κ3) is 9.04. The largest absolute Gasteiger partial charge is 0.466 e. The van der Waals surface area contributed by atoms with Crippen LogP contribution >= 0.6 is 0 Å². The maximum Gasteiger partial charge on any atom is 0.307 e. The van der Waals surface area contributed by atoms with Gasteiger partial charge in [-0.05, 0) is 25.9 Å². The van der Waals surface area contributed by atoms with Crippen LogP contribution in [0.15, 0.2) is 0 Å². The van der Waals surface area contributed by atoms with Gasteiger partial charge >= 0.3 is 5.97 Å². The molecule has 0 amide bonds. The van der Waals surface area contributed by atoms with Crippen LogP contribution in [-0.2, 0) is 9.53 Å². The van der Waals surface area contributed by atoms with Crippen molar-refractivity contribution in [1.29, 1.82) is 0 Å². The van der Waals surface area contributed by atoms with Gasteiger partial charge in [0.05, 0.1) is 13.0 Å². The molecule has 3 heteroatoms. The zero-order valence-electron chi connectivity index (χ0n) is 13.4. The van der Waals surface area contributed by atoms with E-state index in [1.807, 2.05) is 0 Å². The lowest BCUT2D eigenvalue weighted by molar-refractivity contribution is -0.145. The summed E-state index contributed by atoms with van der Waals surface area (Å²) in [6.45, 7) is 11.3. The second kappa shape index (κ2) is 12.5. The monoisotopic (exact) mass is 271 g/mol. The van der Waals surface area contributed by atoms with Crippen LogP contribution < -0.4 is 0 Å². The van der Waals surface area contributed by atoms with Crippen LogP contribution in [0.5, 0.6) is 0 Å². The van der Waals surface area contributed by atoms with Crippen molar-refractivity contribution in [2.75, 3.05) is 19.7 Å². The van der Waals surface area contributed by atoms with E-state index in [4.69, 9.17) is 4.74 Å². The summed E-state index contributed by atoms with van der Waals surface area (Å²) in [5.74, 6) is -0.0261. The minimum absolute atomic E-state index is 0.0261. The van der Waals surface area contributed by atoms with Crippen LogP contribution in [0, 0.1) is 0 Å². The van der Waals surface area contributed by atoms with E-state index in [9.17, 15) is 4.79 Å². The van der Waals surface area contributed by atoms with E-state index in [-0.39, 0.29) is 5.97 Å². The van der Waals surface area contributed by atoms with Gasteiger partial charge in [-0.15, -0.1) is 0 Å². The van der Waals surface area contributed by atoms with Crippen molar-refractivity contribution in [2.24, 2.45) is 0 Å². The molecule has 0 aromatic heterocycles. The normalized spacial score (nSPS) is 12.7. The summed E-state index contributed by atoms with van der Waals surface area (Å²) in [6.07, 6.45) is 7.35.